The van der Waals surface area contributed by atoms with E-state index < -0.39 is 0 Å². The van der Waals surface area contributed by atoms with E-state index in [0.29, 0.717) is 0 Å². The van der Waals surface area contributed by atoms with E-state index in [4.69, 9.17) is 19.5 Å². The zero-order valence-corrected chi connectivity index (χ0v) is 14.5. The van der Waals surface area contributed by atoms with Crippen LogP contribution in [-0.4, -0.2) is 67.8 Å². The quantitative estimate of drug-likeness (QED) is 0.631. The molecule has 0 aliphatic carbocycles. The number of amidine groups is 1. The second-order valence-electron chi connectivity index (χ2n) is 5.93. The van der Waals surface area contributed by atoms with Crippen molar-refractivity contribution in [2.24, 2.45) is 9.98 Å². The molecule has 0 saturated carbocycles. The van der Waals surface area contributed by atoms with Crippen LogP contribution in [0.25, 0.3) is 0 Å². The smallest absolute Gasteiger partial charge is 0.227 e. The first-order chi connectivity index (χ1) is 11.8. The molecule has 6 heteroatoms. The number of para-hydroxylation sites is 1. The Morgan fingerprint density at radius 1 is 1.25 bits per heavy atom. The fourth-order valence-electron chi connectivity index (χ4n) is 2.97. The number of aliphatic imine (C=N–C) groups is 2. The Bertz CT molecular complexity index is 582. The van der Waals surface area contributed by atoms with Gasteiger partial charge in [-0.1, -0.05) is 18.2 Å². The summed E-state index contributed by atoms with van der Waals surface area (Å²) in [5, 5.41) is 0. The zero-order chi connectivity index (χ0) is 16.8. The van der Waals surface area contributed by atoms with Gasteiger partial charge in [-0.25, -0.2) is 4.99 Å². The average molecular weight is 330 g/mol. The van der Waals surface area contributed by atoms with Crippen molar-refractivity contribution in [3.05, 3.63) is 30.3 Å². The molecule has 1 unspecified atom stereocenters. The molecule has 24 heavy (non-hydrogen) atoms. The molecule has 130 valence electrons. The molecule has 2 aliphatic heterocycles. The van der Waals surface area contributed by atoms with Crippen molar-refractivity contribution in [3.8, 4) is 0 Å². The lowest BCUT2D eigenvalue weighted by molar-refractivity contribution is 0.000385. The molecule has 0 radical (unpaired) electrons. The highest BCUT2D eigenvalue weighted by molar-refractivity contribution is 5.97. The van der Waals surface area contributed by atoms with Crippen LogP contribution in [0.15, 0.2) is 40.3 Å². The van der Waals surface area contributed by atoms with E-state index in [-0.39, 0.29) is 6.23 Å². The largest absolute Gasteiger partial charge is 0.378 e. The van der Waals surface area contributed by atoms with Gasteiger partial charge in [0.15, 0.2) is 0 Å². The number of likely N-dealkylation sites (tertiary alicyclic amines) is 1. The van der Waals surface area contributed by atoms with Gasteiger partial charge in [-0.05, 0) is 25.5 Å². The number of morpholine rings is 1. The lowest BCUT2D eigenvalue weighted by Crippen LogP contribution is -2.41. The van der Waals surface area contributed by atoms with Crippen LogP contribution in [0.3, 0.4) is 0 Å². The van der Waals surface area contributed by atoms with Crippen LogP contribution < -0.4 is 0 Å². The fourth-order valence-corrected chi connectivity index (χ4v) is 2.97. The van der Waals surface area contributed by atoms with E-state index in [1.165, 1.54) is 0 Å². The molecule has 2 fully saturated rings. The van der Waals surface area contributed by atoms with Crippen molar-refractivity contribution in [1.82, 2.24) is 9.80 Å². The van der Waals surface area contributed by atoms with Gasteiger partial charge in [0.05, 0.1) is 18.9 Å². The summed E-state index contributed by atoms with van der Waals surface area (Å²) in [4.78, 5) is 14.0. The number of benzene rings is 1. The molecular formula is C18H26N4O2. The van der Waals surface area contributed by atoms with Gasteiger partial charge < -0.3 is 19.3 Å². The van der Waals surface area contributed by atoms with E-state index in [0.717, 1.165) is 63.2 Å². The molecule has 0 bridgehead atoms. The Hall–Kier alpha value is -1.92. The van der Waals surface area contributed by atoms with Gasteiger partial charge in [0.2, 0.25) is 5.96 Å². The summed E-state index contributed by atoms with van der Waals surface area (Å²) in [6.45, 7) is 5.82. The Kier molecular flexibility index (Phi) is 5.82. The number of guanidine groups is 1. The topological polar surface area (TPSA) is 49.7 Å². The van der Waals surface area contributed by atoms with Crippen LogP contribution >= 0.6 is 0 Å². The summed E-state index contributed by atoms with van der Waals surface area (Å²) in [7, 11) is 2.05. The third-order valence-corrected chi connectivity index (χ3v) is 4.32. The maximum absolute atomic E-state index is 5.76. The predicted octanol–water partition coefficient (Wildman–Crippen LogP) is 2.49. The predicted molar refractivity (Wildman–Crippen MR) is 95.8 cm³/mol. The van der Waals surface area contributed by atoms with Gasteiger partial charge in [-0.15, -0.1) is 0 Å². The van der Waals surface area contributed by atoms with Gasteiger partial charge >= 0.3 is 0 Å². The van der Waals surface area contributed by atoms with Crippen molar-refractivity contribution in [2.45, 2.75) is 26.0 Å². The summed E-state index contributed by atoms with van der Waals surface area (Å²) in [6, 6.07) is 9.99. The van der Waals surface area contributed by atoms with E-state index in [2.05, 4.69) is 9.80 Å². The molecule has 0 amide bonds. The highest BCUT2D eigenvalue weighted by Crippen LogP contribution is 2.20. The van der Waals surface area contributed by atoms with Crippen molar-refractivity contribution in [3.63, 3.8) is 0 Å². The monoisotopic (exact) mass is 330 g/mol. The standard InChI is InChI=1S/C18H26N4O2/c1-3-24-17-10-9-16(21(17)2)20-18(22-11-13-23-14-12-22)19-15-7-5-4-6-8-15/h4-8,17H,3,9-14H2,1-2H3. The summed E-state index contributed by atoms with van der Waals surface area (Å²) in [6.07, 6.45) is 2.01. The summed E-state index contributed by atoms with van der Waals surface area (Å²) in [5.41, 5.74) is 0.922. The number of hydrogen-bond acceptors (Lipinski definition) is 3. The Balaban J connectivity index is 1.85. The van der Waals surface area contributed by atoms with Crippen molar-refractivity contribution in [2.75, 3.05) is 40.0 Å². The van der Waals surface area contributed by atoms with Crippen LogP contribution in [0.4, 0.5) is 5.69 Å². The lowest BCUT2D eigenvalue weighted by atomic mass is 10.3. The minimum absolute atomic E-state index is 0.122. The van der Waals surface area contributed by atoms with Gasteiger partial charge in [-0.3, -0.25) is 0 Å². The molecule has 0 N–H and O–H groups in total. The zero-order valence-electron chi connectivity index (χ0n) is 14.5. The molecule has 2 aliphatic rings. The van der Waals surface area contributed by atoms with Gasteiger partial charge in [0.25, 0.3) is 0 Å². The SMILES string of the molecule is CCOC1CCC(=NC(=Nc2ccccc2)N2CCOCC2)N1C. The number of ether oxygens (including phenoxy) is 2. The van der Waals surface area contributed by atoms with Crippen LogP contribution in [0, 0.1) is 0 Å². The van der Waals surface area contributed by atoms with Crippen molar-refractivity contribution >= 4 is 17.5 Å². The lowest BCUT2D eigenvalue weighted by Gasteiger charge is -2.28. The number of rotatable bonds is 3. The van der Waals surface area contributed by atoms with E-state index in [9.17, 15) is 0 Å². The second-order valence-corrected chi connectivity index (χ2v) is 5.93. The average Bonchev–Trinajstić information content (AvgIpc) is 2.97. The third-order valence-electron chi connectivity index (χ3n) is 4.32. The number of nitrogens with zero attached hydrogens (tertiary/aromatic N) is 4. The minimum Gasteiger partial charge on any atom is -0.378 e. The number of hydrogen-bond donors (Lipinski definition) is 0. The Morgan fingerprint density at radius 2 is 2.00 bits per heavy atom. The molecular weight excluding hydrogens is 304 g/mol. The van der Waals surface area contributed by atoms with Crippen LogP contribution in [0.1, 0.15) is 19.8 Å². The van der Waals surface area contributed by atoms with E-state index >= 15 is 0 Å². The molecule has 0 aromatic heterocycles. The van der Waals surface area contributed by atoms with Crippen molar-refractivity contribution in [1.29, 1.82) is 0 Å². The molecule has 0 spiro atoms. The first-order valence-corrected chi connectivity index (χ1v) is 8.66. The maximum atomic E-state index is 5.76. The summed E-state index contributed by atoms with van der Waals surface area (Å²) in [5.74, 6) is 1.80. The van der Waals surface area contributed by atoms with Gasteiger partial charge in [0, 0.05) is 33.2 Å². The van der Waals surface area contributed by atoms with Crippen LogP contribution in [0.2, 0.25) is 0 Å². The van der Waals surface area contributed by atoms with Crippen LogP contribution in [0.5, 0.6) is 0 Å². The minimum atomic E-state index is 0.122. The highest BCUT2D eigenvalue weighted by Gasteiger charge is 2.27. The van der Waals surface area contributed by atoms with Gasteiger partial charge in [0.1, 0.15) is 12.1 Å². The normalized spacial score (nSPS) is 24.0. The first-order valence-electron chi connectivity index (χ1n) is 8.66. The summed E-state index contributed by atoms with van der Waals surface area (Å²) < 4.78 is 11.2. The molecule has 1 aromatic rings. The maximum Gasteiger partial charge on any atom is 0.227 e. The third kappa shape index (κ3) is 4.13. The molecule has 1 atom stereocenters. The van der Waals surface area contributed by atoms with Crippen molar-refractivity contribution < 1.29 is 9.47 Å². The molecule has 3 rings (SSSR count). The molecule has 6 nitrogen and oxygen atoms in total. The summed E-state index contributed by atoms with van der Waals surface area (Å²) >= 11 is 0. The molecule has 2 saturated heterocycles. The van der Waals surface area contributed by atoms with E-state index in [1.807, 2.05) is 44.3 Å². The fraction of sp³-hybridized carbons (Fsp3) is 0.556. The Labute approximate surface area is 143 Å². The molecule has 1 aromatic carbocycles. The van der Waals surface area contributed by atoms with E-state index in [1.54, 1.807) is 0 Å². The van der Waals surface area contributed by atoms with Gasteiger partial charge in [-0.2, -0.15) is 4.99 Å². The Morgan fingerprint density at radius 3 is 2.71 bits per heavy atom. The highest BCUT2D eigenvalue weighted by atomic mass is 16.5. The second kappa shape index (κ2) is 8.26. The van der Waals surface area contributed by atoms with Crippen LogP contribution in [-0.2, 0) is 9.47 Å². The molecule has 2 heterocycles. The first kappa shape index (κ1) is 16.9.